The van der Waals surface area contributed by atoms with E-state index in [1.807, 2.05) is 21.6 Å². The molecule has 0 N–H and O–H groups in total. The van der Waals surface area contributed by atoms with Crippen LogP contribution in [0.5, 0.6) is 0 Å². The van der Waals surface area contributed by atoms with Crippen molar-refractivity contribution in [3.8, 4) is 0 Å². The summed E-state index contributed by atoms with van der Waals surface area (Å²) >= 11 is 13.7. The third-order valence-corrected chi connectivity index (χ3v) is 7.49. The molecule has 0 unspecified atom stereocenters. The van der Waals surface area contributed by atoms with Gasteiger partial charge >= 0.3 is 0 Å². The average Bonchev–Trinajstić information content (AvgIpc) is 3.11. The van der Waals surface area contributed by atoms with E-state index in [9.17, 15) is 9.59 Å². The number of hydrogen-bond acceptors (Lipinski definition) is 3. The van der Waals surface area contributed by atoms with Crippen molar-refractivity contribution < 1.29 is 9.59 Å². The highest BCUT2D eigenvalue weighted by Gasteiger charge is 2.47. The predicted octanol–water partition coefficient (Wildman–Crippen LogP) is 4.81. The summed E-state index contributed by atoms with van der Waals surface area (Å²) in [6, 6.07) is 14.0. The Bertz CT molecular complexity index is 878. The first-order valence-corrected chi connectivity index (χ1v) is 11.0. The summed E-state index contributed by atoms with van der Waals surface area (Å²) in [5, 5.41) is 1.24. The van der Waals surface area contributed by atoms with Gasteiger partial charge in [0, 0.05) is 46.6 Å². The molecule has 0 radical (unpaired) electrons. The van der Waals surface area contributed by atoms with Crippen LogP contribution in [0.2, 0.25) is 10.0 Å². The molecule has 2 heterocycles. The largest absolute Gasteiger partial charge is 0.338 e. The van der Waals surface area contributed by atoms with Gasteiger partial charge in [-0.05, 0) is 61.4 Å². The van der Waals surface area contributed by atoms with Crippen molar-refractivity contribution in [3.63, 3.8) is 0 Å². The summed E-state index contributed by atoms with van der Waals surface area (Å²) in [6.45, 7) is 2.01. The van der Waals surface area contributed by atoms with E-state index in [1.54, 1.807) is 48.5 Å². The van der Waals surface area contributed by atoms with Gasteiger partial charge in [0.05, 0.1) is 4.87 Å². The van der Waals surface area contributed by atoms with Crippen LogP contribution in [0.4, 0.5) is 0 Å². The van der Waals surface area contributed by atoms with Crippen LogP contribution in [0.3, 0.4) is 0 Å². The van der Waals surface area contributed by atoms with Crippen LogP contribution in [-0.2, 0) is 0 Å². The van der Waals surface area contributed by atoms with Crippen molar-refractivity contribution in [2.45, 2.75) is 17.7 Å². The molecule has 0 atom stereocenters. The molecule has 0 aliphatic carbocycles. The number of likely N-dealkylation sites (tertiary alicyclic amines) is 1. The quantitative estimate of drug-likeness (QED) is 0.680. The Balaban J connectivity index is 1.46. The van der Waals surface area contributed by atoms with Crippen LogP contribution in [0.25, 0.3) is 0 Å². The second kappa shape index (κ2) is 7.97. The molecule has 4 nitrogen and oxygen atoms in total. The molecule has 28 heavy (non-hydrogen) atoms. The van der Waals surface area contributed by atoms with E-state index in [0.717, 1.165) is 25.1 Å². The van der Waals surface area contributed by atoms with E-state index in [-0.39, 0.29) is 16.7 Å². The standard InChI is InChI=1S/C21H20Cl2N2O2S/c22-17-5-1-15(2-6-17)19(26)24-11-9-21(10-12-24)25(13-14-28-21)20(27)16-3-7-18(23)8-4-16/h1-8H,9-14H2. The molecule has 0 bridgehead atoms. The highest BCUT2D eigenvalue weighted by molar-refractivity contribution is 8.00. The Hall–Kier alpha value is -1.69. The van der Waals surface area contributed by atoms with E-state index in [2.05, 4.69) is 0 Å². The lowest BCUT2D eigenvalue weighted by Gasteiger charge is -2.44. The topological polar surface area (TPSA) is 40.6 Å². The smallest absolute Gasteiger partial charge is 0.254 e. The number of thioether (sulfide) groups is 1. The molecule has 2 saturated heterocycles. The van der Waals surface area contributed by atoms with E-state index in [4.69, 9.17) is 23.2 Å². The maximum atomic E-state index is 13.1. The van der Waals surface area contributed by atoms with E-state index >= 15 is 0 Å². The van der Waals surface area contributed by atoms with Crippen LogP contribution in [-0.4, -0.2) is 51.9 Å². The van der Waals surface area contributed by atoms with Crippen molar-refractivity contribution in [2.24, 2.45) is 0 Å². The monoisotopic (exact) mass is 434 g/mol. The summed E-state index contributed by atoms with van der Waals surface area (Å²) in [7, 11) is 0. The first-order valence-electron chi connectivity index (χ1n) is 9.25. The third-order valence-electron chi connectivity index (χ3n) is 5.44. The van der Waals surface area contributed by atoms with Gasteiger partial charge in [0.1, 0.15) is 0 Å². The van der Waals surface area contributed by atoms with Gasteiger partial charge in [-0.2, -0.15) is 0 Å². The molecule has 2 amide bonds. The van der Waals surface area contributed by atoms with E-state index < -0.39 is 0 Å². The lowest BCUT2D eigenvalue weighted by molar-refractivity contribution is 0.0498. The highest BCUT2D eigenvalue weighted by Crippen LogP contribution is 2.44. The Morgan fingerprint density at radius 1 is 0.786 bits per heavy atom. The number of carbonyl (C=O) groups is 2. The zero-order chi connectivity index (χ0) is 19.7. The average molecular weight is 435 g/mol. The number of amides is 2. The van der Waals surface area contributed by atoms with Crippen LogP contribution >= 0.6 is 35.0 Å². The second-order valence-electron chi connectivity index (χ2n) is 7.06. The minimum absolute atomic E-state index is 0.0186. The maximum absolute atomic E-state index is 13.1. The number of rotatable bonds is 2. The van der Waals surface area contributed by atoms with Crippen molar-refractivity contribution >= 4 is 46.8 Å². The minimum atomic E-state index is -0.229. The summed E-state index contributed by atoms with van der Waals surface area (Å²) in [4.78, 5) is 29.5. The summed E-state index contributed by atoms with van der Waals surface area (Å²) in [5.41, 5.74) is 1.31. The SMILES string of the molecule is O=C(c1ccc(Cl)cc1)N1CCC2(CC1)SCCN2C(=O)c1ccc(Cl)cc1. The molecule has 2 aromatic rings. The molecular formula is C21H20Cl2N2O2S. The lowest BCUT2D eigenvalue weighted by Crippen LogP contribution is -2.53. The van der Waals surface area contributed by atoms with E-state index in [0.29, 0.717) is 34.3 Å². The van der Waals surface area contributed by atoms with Crippen LogP contribution in [0.1, 0.15) is 33.6 Å². The van der Waals surface area contributed by atoms with Crippen LogP contribution in [0, 0.1) is 0 Å². The van der Waals surface area contributed by atoms with Gasteiger partial charge in [-0.15, -0.1) is 11.8 Å². The fraction of sp³-hybridized carbons (Fsp3) is 0.333. The summed E-state index contributed by atoms with van der Waals surface area (Å²) in [5.74, 6) is 0.981. The first-order chi connectivity index (χ1) is 13.5. The van der Waals surface area contributed by atoms with Crippen LogP contribution in [0.15, 0.2) is 48.5 Å². The highest BCUT2D eigenvalue weighted by atomic mass is 35.5. The number of halogens is 2. The van der Waals surface area contributed by atoms with Gasteiger partial charge in [0.2, 0.25) is 0 Å². The normalized spacial score (nSPS) is 18.5. The summed E-state index contributed by atoms with van der Waals surface area (Å²) < 4.78 is 0. The summed E-state index contributed by atoms with van der Waals surface area (Å²) in [6.07, 6.45) is 1.55. The van der Waals surface area contributed by atoms with Gasteiger partial charge in [-0.1, -0.05) is 23.2 Å². The molecule has 2 fully saturated rings. The molecule has 2 aliphatic rings. The molecule has 0 saturated carbocycles. The molecule has 2 aliphatic heterocycles. The lowest BCUT2D eigenvalue weighted by atomic mass is 10.00. The Kier molecular flexibility index (Phi) is 5.59. The fourth-order valence-electron chi connectivity index (χ4n) is 3.89. The molecule has 0 aromatic heterocycles. The zero-order valence-corrected chi connectivity index (χ0v) is 17.6. The Morgan fingerprint density at radius 2 is 1.29 bits per heavy atom. The van der Waals surface area contributed by atoms with Crippen molar-refractivity contribution in [3.05, 3.63) is 69.7 Å². The molecular weight excluding hydrogens is 415 g/mol. The number of benzene rings is 2. The van der Waals surface area contributed by atoms with Gasteiger partial charge < -0.3 is 9.80 Å². The fourth-order valence-corrected chi connectivity index (χ4v) is 5.60. The number of hydrogen-bond donors (Lipinski definition) is 0. The van der Waals surface area contributed by atoms with Gasteiger partial charge in [0.25, 0.3) is 11.8 Å². The molecule has 4 rings (SSSR count). The molecule has 146 valence electrons. The van der Waals surface area contributed by atoms with Crippen molar-refractivity contribution in [1.29, 1.82) is 0 Å². The van der Waals surface area contributed by atoms with Gasteiger partial charge in [-0.3, -0.25) is 9.59 Å². The third kappa shape index (κ3) is 3.76. The number of carbonyl (C=O) groups excluding carboxylic acids is 2. The zero-order valence-electron chi connectivity index (χ0n) is 15.2. The maximum Gasteiger partial charge on any atom is 0.254 e. The van der Waals surface area contributed by atoms with Crippen molar-refractivity contribution in [1.82, 2.24) is 9.80 Å². The molecule has 2 aromatic carbocycles. The Morgan fingerprint density at radius 3 is 1.82 bits per heavy atom. The van der Waals surface area contributed by atoms with Gasteiger partial charge in [-0.25, -0.2) is 0 Å². The van der Waals surface area contributed by atoms with Gasteiger partial charge in [0.15, 0.2) is 0 Å². The molecule has 1 spiro atoms. The predicted molar refractivity (Wildman–Crippen MR) is 114 cm³/mol. The van der Waals surface area contributed by atoms with Crippen molar-refractivity contribution in [2.75, 3.05) is 25.4 Å². The first kappa shape index (κ1) is 19.6. The second-order valence-corrected chi connectivity index (χ2v) is 9.39. The minimum Gasteiger partial charge on any atom is -0.338 e. The van der Waals surface area contributed by atoms with E-state index in [1.165, 1.54) is 0 Å². The molecule has 7 heteroatoms. The Labute approximate surface area is 178 Å². The number of piperidine rings is 1. The number of nitrogens with zero attached hydrogens (tertiary/aromatic N) is 2. The van der Waals surface area contributed by atoms with Crippen LogP contribution < -0.4 is 0 Å².